The van der Waals surface area contributed by atoms with Crippen LogP contribution < -0.4 is 10.6 Å². The topological polar surface area (TPSA) is 50.4 Å². The Labute approximate surface area is 132 Å². The van der Waals surface area contributed by atoms with Gasteiger partial charge in [0.2, 0.25) is 0 Å². The number of carbonyl (C=O) groups excluding carboxylic acids is 1. The van der Waals surface area contributed by atoms with Gasteiger partial charge in [0.05, 0.1) is 0 Å². The van der Waals surface area contributed by atoms with E-state index in [1.165, 1.54) is 11.1 Å². The molecular formula is C18H26N2O2. The van der Waals surface area contributed by atoms with Crippen LogP contribution in [-0.2, 0) is 11.2 Å². The van der Waals surface area contributed by atoms with Gasteiger partial charge in [0.25, 0.3) is 0 Å². The summed E-state index contributed by atoms with van der Waals surface area (Å²) in [5.74, 6) is 1.13. The van der Waals surface area contributed by atoms with Crippen LogP contribution in [0.1, 0.15) is 37.3 Å². The molecule has 2 N–H and O–H groups in total. The van der Waals surface area contributed by atoms with E-state index >= 15 is 0 Å². The van der Waals surface area contributed by atoms with Crippen molar-refractivity contribution >= 4 is 6.03 Å². The molecule has 22 heavy (non-hydrogen) atoms. The SMILES string of the molecule is COCCC(C)(C)CNC(=O)NC1C2Cc3ccccc3C21. The maximum absolute atomic E-state index is 12.1. The normalized spacial score (nSPS) is 25.3. The van der Waals surface area contributed by atoms with Gasteiger partial charge in [-0.25, -0.2) is 4.79 Å². The Balaban J connectivity index is 1.45. The van der Waals surface area contributed by atoms with E-state index in [0.29, 0.717) is 24.4 Å². The third-order valence-corrected chi connectivity index (χ3v) is 5.05. The molecule has 0 spiro atoms. The number of hydrogen-bond donors (Lipinski definition) is 2. The summed E-state index contributed by atoms with van der Waals surface area (Å²) in [6, 6.07) is 8.87. The number of urea groups is 1. The second-order valence-corrected chi connectivity index (χ2v) is 7.35. The van der Waals surface area contributed by atoms with E-state index in [1.54, 1.807) is 7.11 Å². The average Bonchev–Trinajstić information content (AvgIpc) is 3.00. The van der Waals surface area contributed by atoms with Crippen LogP contribution in [0, 0.1) is 11.3 Å². The molecule has 0 aromatic heterocycles. The summed E-state index contributed by atoms with van der Waals surface area (Å²) in [4.78, 5) is 12.1. The maximum atomic E-state index is 12.1. The van der Waals surface area contributed by atoms with Crippen LogP contribution in [0.2, 0.25) is 0 Å². The zero-order chi connectivity index (χ0) is 15.7. The molecule has 1 fully saturated rings. The molecule has 2 aliphatic carbocycles. The average molecular weight is 302 g/mol. The highest BCUT2D eigenvalue weighted by molar-refractivity contribution is 5.75. The lowest BCUT2D eigenvalue weighted by molar-refractivity contribution is 0.151. The largest absolute Gasteiger partial charge is 0.385 e. The summed E-state index contributed by atoms with van der Waals surface area (Å²) >= 11 is 0. The van der Waals surface area contributed by atoms with Gasteiger partial charge in [-0.15, -0.1) is 0 Å². The van der Waals surface area contributed by atoms with Crippen molar-refractivity contribution in [2.75, 3.05) is 20.3 Å². The molecule has 3 rings (SSSR count). The van der Waals surface area contributed by atoms with E-state index in [9.17, 15) is 4.79 Å². The Morgan fingerprint density at radius 3 is 2.91 bits per heavy atom. The zero-order valence-electron chi connectivity index (χ0n) is 13.7. The number of methoxy groups -OCH3 is 1. The summed E-state index contributed by atoms with van der Waals surface area (Å²) in [7, 11) is 1.71. The first-order valence-electron chi connectivity index (χ1n) is 8.13. The van der Waals surface area contributed by atoms with E-state index in [-0.39, 0.29) is 11.4 Å². The monoisotopic (exact) mass is 302 g/mol. The number of rotatable bonds is 6. The highest BCUT2D eigenvalue weighted by Crippen LogP contribution is 2.56. The smallest absolute Gasteiger partial charge is 0.315 e. The molecule has 2 aliphatic rings. The molecule has 0 heterocycles. The Hall–Kier alpha value is -1.55. The minimum absolute atomic E-state index is 0.0395. The maximum Gasteiger partial charge on any atom is 0.315 e. The molecule has 3 unspecified atom stereocenters. The van der Waals surface area contributed by atoms with E-state index in [1.807, 2.05) is 0 Å². The third-order valence-electron chi connectivity index (χ3n) is 5.05. The predicted octanol–water partition coefficient (Wildman–Crippen LogP) is 2.69. The van der Waals surface area contributed by atoms with Crippen LogP contribution in [0.5, 0.6) is 0 Å². The minimum atomic E-state index is -0.0395. The third kappa shape index (κ3) is 3.12. The molecule has 120 valence electrons. The number of amides is 2. The molecule has 2 amide bonds. The molecular weight excluding hydrogens is 276 g/mol. The molecule has 1 aromatic carbocycles. The van der Waals surface area contributed by atoms with Crippen LogP contribution >= 0.6 is 0 Å². The van der Waals surface area contributed by atoms with Gasteiger partial charge in [0.15, 0.2) is 0 Å². The highest BCUT2D eigenvalue weighted by Gasteiger charge is 2.56. The van der Waals surface area contributed by atoms with Gasteiger partial charge in [0, 0.05) is 32.2 Å². The molecule has 0 saturated heterocycles. The lowest BCUT2D eigenvalue weighted by Crippen LogP contribution is -2.42. The van der Waals surface area contributed by atoms with Crippen molar-refractivity contribution in [1.29, 1.82) is 0 Å². The first-order chi connectivity index (χ1) is 10.5. The standard InChI is InChI=1S/C18H26N2O2/c1-18(2,8-9-22-3)11-19-17(21)20-16-14-10-12-6-4-5-7-13(12)15(14)16/h4-7,14-16H,8-11H2,1-3H3,(H2,19,20,21). The number of ether oxygens (including phenoxy) is 1. The van der Waals surface area contributed by atoms with Gasteiger partial charge in [0.1, 0.15) is 0 Å². The second-order valence-electron chi connectivity index (χ2n) is 7.35. The van der Waals surface area contributed by atoms with E-state index < -0.39 is 0 Å². The summed E-state index contributed by atoms with van der Waals surface area (Å²) in [6.45, 7) is 5.68. The lowest BCUT2D eigenvalue weighted by atomic mass is 9.90. The number of carbonyl (C=O) groups is 1. The first kappa shape index (κ1) is 15.3. The Kier molecular flexibility index (Phi) is 4.13. The molecule has 0 aliphatic heterocycles. The molecule has 1 saturated carbocycles. The number of fused-ring (bicyclic) bond motifs is 3. The fourth-order valence-corrected chi connectivity index (χ4v) is 3.54. The van der Waals surface area contributed by atoms with Gasteiger partial charge in [-0.3, -0.25) is 0 Å². The predicted molar refractivity (Wildman–Crippen MR) is 87.0 cm³/mol. The first-order valence-corrected chi connectivity index (χ1v) is 8.13. The van der Waals surface area contributed by atoms with Crippen LogP contribution in [-0.4, -0.2) is 32.3 Å². The fourth-order valence-electron chi connectivity index (χ4n) is 3.54. The van der Waals surface area contributed by atoms with Crippen molar-refractivity contribution in [1.82, 2.24) is 10.6 Å². The summed E-state index contributed by atoms with van der Waals surface area (Å²) in [5.41, 5.74) is 2.94. The van der Waals surface area contributed by atoms with Crippen molar-refractivity contribution in [2.45, 2.75) is 38.6 Å². The molecule has 3 atom stereocenters. The van der Waals surface area contributed by atoms with Crippen molar-refractivity contribution in [3.8, 4) is 0 Å². The van der Waals surface area contributed by atoms with Gasteiger partial charge in [-0.05, 0) is 35.3 Å². The van der Waals surface area contributed by atoms with Gasteiger partial charge in [-0.2, -0.15) is 0 Å². The molecule has 4 nitrogen and oxygen atoms in total. The van der Waals surface area contributed by atoms with E-state index in [0.717, 1.165) is 19.4 Å². The molecule has 4 heteroatoms. The zero-order valence-corrected chi connectivity index (χ0v) is 13.7. The highest BCUT2D eigenvalue weighted by atomic mass is 16.5. The molecule has 0 bridgehead atoms. The Morgan fingerprint density at radius 2 is 2.14 bits per heavy atom. The summed E-state index contributed by atoms with van der Waals surface area (Å²) in [5, 5.41) is 6.16. The van der Waals surface area contributed by atoms with Gasteiger partial charge in [-0.1, -0.05) is 38.1 Å². The van der Waals surface area contributed by atoms with E-state index in [4.69, 9.17) is 4.74 Å². The van der Waals surface area contributed by atoms with Crippen LogP contribution in [0.15, 0.2) is 24.3 Å². The summed E-state index contributed by atoms with van der Waals surface area (Å²) < 4.78 is 5.11. The van der Waals surface area contributed by atoms with Gasteiger partial charge >= 0.3 is 6.03 Å². The van der Waals surface area contributed by atoms with Crippen LogP contribution in [0.3, 0.4) is 0 Å². The number of benzene rings is 1. The van der Waals surface area contributed by atoms with E-state index in [2.05, 4.69) is 48.7 Å². The molecule has 0 radical (unpaired) electrons. The molecule has 1 aromatic rings. The van der Waals surface area contributed by atoms with Gasteiger partial charge < -0.3 is 15.4 Å². The Morgan fingerprint density at radius 1 is 1.36 bits per heavy atom. The number of nitrogens with one attached hydrogen (secondary N) is 2. The van der Waals surface area contributed by atoms with Crippen molar-refractivity contribution < 1.29 is 9.53 Å². The van der Waals surface area contributed by atoms with Crippen molar-refractivity contribution in [3.05, 3.63) is 35.4 Å². The fraction of sp³-hybridized carbons (Fsp3) is 0.611. The quantitative estimate of drug-likeness (QED) is 0.849. The summed E-state index contributed by atoms with van der Waals surface area (Å²) in [6.07, 6.45) is 2.04. The minimum Gasteiger partial charge on any atom is -0.385 e. The lowest BCUT2D eigenvalue weighted by Gasteiger charge is -2.24. The Bertz CT molecular complexity index is 556. The number of hydrogen-bond acceptors (Lipinski definition) is 2. The van der Waals surface area contributed by atoms with Crippen molar-refractivity contribution in [2.24, 2.45) is 11.3 Å². The van der Waals surface area contributed by atoms with Crippen LogP contribution in [0.4, 0.5) is 4.79 Å². The van der Waals surface area contributed by atoms with Crippen molar-refractivity contribution in [3.63, 3.8) is 0 Å². The second kappa shape index (κ2) is 5.92. The van der Waals surface area contributed by atoms with Crippen LogP contribution in [0.25, 0.3) is 0 Å².